The van der Waals surface area contributed by atoms with E-state index >= 15 is 0 Å². The molecule has 10 heteroatoms. The molecule has 0 radical (unpaired) electrons. The van der Waals surface area contributed by atoms with Gasteiger partial charge >= 0.3 is 13.8 Å². The van der Waals surface area contributed by atoms with Crippen LogP contribution in [0.3, 0.4) is 0 Å². The molecular weight excluding hydrogens is 928 g/mol. The molecule has 0 aromatic carbocycles. The zero-order valence-corrected chi connectivity index (χ0v) is 49.5. The predicted molar refractivity (Wildman–Crippen MR) is 314 cm³/mol. The lowest BCUT2D eigenvalue weighted by atomic mass is 10.0. The van der Waals surface area contributed by atoms with Gasteiger partial charge in [-0.25, -0.2) is 4.57 Å². The molecule has 73 heavy (non-hydrogen) atoms. The number of phosphoric ester groups is 1. The number of hydrogen-bond acceptors (Lipinski definition) is 6. The van der Waals surface area contributed by atoms with Crippen LogP contribution in [0.5, 0.6) is 0 Å². The highest BCUT2D eigenvalue weighted by Gasteiger charge is 2.30. The zero-order valence-electron chi connectivity index (χ0n) is 48.6. The number of phosphoric acid groups is 1. The zero-order chi connectivity index (χ0) is 53.6. The van der Waals surface area contributed by atoms with E-state index in [4.69, 9.17) is 13.8 Å². The van der Waals surface area contributed by atoms with Gasteiger partial charge in [-0.3, -0.25) is 18.6 Å². The Kier molecular flexibility index (Phi) is 51.5. The molecule has 9 nitrogen and oxygen atoms in total. The van der Waals surface area contributed by atoms with E-state index in [-0.39, 0.29) is 31.5 Å². The number of amides is 1. The van der Waals surface area contributed by atoms with E-state index in [1.54, 1.807) is 0 Å². The molecule has 0 saturated carbocycles. The van der Waals surface area contributed by atoms with Gasteiger partial charge in [0.05, 0.1) is 33.8 Å². The Morgan fingerprint density at radius 2 is 0.836 bits per heavy atom. The molecule has 2 N–H and O–H groups in total. The quantitative estimate of drug-likeness (QED) is 0.0205. The number of quaternary nitrogens is 1. The first-order chi connectivity index (χ1) is 35.4. The molecule has 0 aliphatic carbocycles. The number of nitrogens with one attached hydrogen (secondary N) is 1. The predicted octanol–water partition coefficient (Wildman–Crippen LogP) is 18.7. The molecule has 0 fully saturated rings. The van der Waals surface area contributed by atoms with Crippen molar-refractivity contribution in [3.8, 4) is 0 Å². The fourth-order valence-corrected chi connectivity index (χ4v) is 9.42. The largest absolute Gasteiger partial charge is 0.472 e. The summed E-state index contributed by atoms with van der Waals surface area (Å²) < 4.78 is 30.6. The van der Waals surface area contributed by atoms with Gasteiger partial charge in [-0.2, -0.15) is 0 Å². The van der Waals surface area contributed by atoms with Crippen LogP contribution in [0, 0.1) is 0 Å². The van der Waals surface area contributed by atoms with Crippen LogP contribution >= 0.6 is 7.82 Å². The number of likely N-dealkylation sites (N-methyl/N-ethyl adjacent to an activating group) is 1. The van der Waals surface area contributed by atoms with Crippen molar-refractivity contribution < 1.29 is 37.3 Å². The molecule has 0 aromatic rings. The van der Waals surface area contributed by atoms with Gasteiger partial charge < -0.3 is 19.4 Å². The number of allylic oxidation sites excluding steroid dienone is 9. The second-order valence-electron chi connectivity index (χ2n) is 21.9. The van der Waals surface area contributed by atoms with Crippen LogP contribution in [0.1, 0.15) is 278 Å². The number of esters is 1. The molecule has 0 spiro atoms. The Morgan fingerprint density at radius 1 is 0.479 bits per heavy atom. The Bertz CT molecular complexity index is 1440. The van der Waals surface area contributed by atoms with Crippen molar-refractivity contribution in [1.82, 2.24) is 5.32 Å². The third kappa shape index (κ3) is 54.3. The summed E-state index contributed by atoms with van der Waals surface area (Å²) in [7, 11) is 1.49. The summed E-state index contributed by atoms with van der Waals surface area (Å²) in [5.74, 6) is -0.512. The number of hydrogen-bond donors (Lipinski definition) is 2. The lowest BCUT2D eigenvalue weighted by molar-refractivity contribution is -0.870. The number of carbonyl (C=O) groups is 2. The van der Waals surface area contributed by atoms with Crippen LogP contribution in [0.4, 0.5) is 0 Å². The van der Waals surface area contributed by atoms with Crippen molar-refractivity contribution in [2.75, 3.05) is 40.9 Å². The molecule has 0 aromatic heterocycles. The molecule has 0 aliphatic rings. The van der Waals surface area contributed by atoms with Gasteiger partial charge in [0.1, 0.15) is 19.3 Å². The Hall–Kier alpha value is -2.29. The third-order valence-electron chi connectivity index (χ3n) is 13.5. The van der Waals surface area contributed by atoms with Crippen molar-refractivity contribution in [2.45, 2.75) is 290 Å². The van der Waals surface area contributed by atoms with Gasteiger partial charge in [-0.1, -0.05) is 249 Å². The highest BCUT2D eigenvalue weighted by atomic mass is 31.2. The number of ether oxygens (including phenoxy) is 1. The molecule has 1 amide bonds. The van der Waals surface area contributed by atoms with Crippen molar-refractivity contribution in [3.63, 3.8) is 0 Å². The summed E-state index contributed by atoms with van der Waals surface area (Å²) in [4.78, 5) is 37.6. The second kappa shape index (κ2) is 53.1. The molecule has 0 rings (SSSR count). The van der Waals surface area contributed by atoms with Gasteiger partial charge in [-0.05, 0) is 76.7 Å². The summed E-state index contributed by atoms with van der Waals surface area (Å²) in [6.07, 6.45) is 66.4. The van der Waals surface area contributed by atoms with E-state index < -0.39 is 20.0 Å². The molecule has 426 valence electrons. The van der Waals surface area contributed by atoms with Gasteiger partial charge in [-0.15, -0.1) is 0 Å². The van der Waals surface area contributed by atoms with E-state index in [9.17, 15) is 19.0 Å². The molecule has 3 atom stereocenters. The lowest BCUT2D eigenvalue weighted by Gasteiger charge is -2.27. The van der Waals surface area contributed by atoms with Gasteiger partial charge in [0.25, 0.3) is 0 Å². The van der Waals surface area contributed by atoms with E-state index in [1.165, 1.54) is 154 Å². The van der Waals surface area contributed by atoms with Gasteiger partial charge in [0.2, 0.25) is 5.91 Å². The van der Waals surface area contributed by atoms with Crippen LogP contribution in [-0.4, -0.2) is 74.3 Å². The van der Waals surface area contributed by atoms with Crippen molar-refractivity contribution in [2.24, 2.45) is 0 Å². The molecule has 0 heterocycles. The molecule has 0 aliphatic heterocycles. The second-order valence-corrected chi connectivity index (χ2v) is 23.3. The summed E-state index contributed by atoms with van der Waals surface area (Å²) in [5, 5.41) is 3.05. The smallest absolute Gasteiger partial charge is 0.456 e. The Balaban J connectivity index is 5.22. The van der Waals surface area contributed by atoms with E-state index in [0.29, 0.717) is 17.4 Å². The van der Waals surface area contributed by atoms with Crippen LogP contribution in [0.2, 0.25) is 0 Å². The number of nitrogens with zero attached hydrogens (tertiary/aromatic N) is 1. The van der Waals surface area contributed by atoms with Gasteiger partial charge in [0.15, 0.2) is 0 Å². The highest BCUT2D eigenvalue weighted by Crippen LogP contribution is 2.43. The minimum atomic E-state index is -4.45. The molecular formula is C63H118N2O7P+. The van der Waals surface area contributed by atoms with Crippen molar-refractivity contribution >= 4 is 19.7 Å². The maximum Gasteiger partial charge on any atom is 0.472 e. The minimum Gasteiger partial charge on any atom is -0.456 e. The maximum atomic E-state index is 13.5. The summed E-state index contributed by atoms with van der Waals surface area (Å²) >= 11 is 0. The summed E-state index contributed by atoms with van der Waals surface area (Å²) in [6, 6.07) is -0.851. The van der Waals surface area contributed by atoms with Crippen LogP contribution in [0.15, 0.2) is 60.8 Å². The fourth-order valence-electron chi connectivity index (χ4n) is 8.69. The SMILES string of the molecule is CCCCC/C=C\C/C=C\C/C=C\C/C=C\CCCCCCCCCC(=O)OC(/C=C\CCCCCCCCCCCCC)C(COP(=O)(O)OCC[N+](C)(C)C)NC(=O)CCCCCCCCCCCCC. The Morgan fingerprint density at radius 3 is 1.27 bits per heavy atom. The first-order valence-electron chi connectivity index (χ1n) is 30.6. The van der Waals surface area contributed by atoms with Crippen LogP contribution in [0.25, 0.3) is 0 Å². The fraction of sp³-hybridized carbons (Fsp3) is 0.810. The van der Waals surface area contributed by atoms with Crippen molar-refractivity contribution in [1.29, 1.82) is 0 Å². The first kappa shape index (κ1) is 70.7. The molecule has 3 unspecified atom stereocenters. The normalized spacial score (nSPS) is 14.1. The topological polar surface area (TPSA) is 111 Å². The maximum absolute atomic E-state index is 13.5. The summed E-state index contributed by atoms with van der Waals surface area (Å²) in [5.41, 5.74) is 0. The molecule has 0 saturated heterocycles. The molecule has 0 bridgehead atoms. The van der Waals surface area contributed by atoms with E-state index in [0.717, 1.165) is 89.9 Å². The van der Waals surface area contributed by atoms with Crippen LogP contribution < -0.4 is 5.32 Å². The number of carbonyl (C=O) groups excluding carboxylic acids is 2. The van der Waals surface area contributed by atoms with E-state index in [2.05, 4.69) is 74.7 Å². The standard InChI is InChI=1S/C63H117N2O7P/c1-7-10-13-16-19-22-25-27-28-29-30-31-32-33-34-35-36-38-41-44-47-50-53-56-63(67)72-61(54-51-48-45-42-40-37-26-23-20-17-14-11-8-2)60(59-71-73(68,69)70-58-57-65(4,5)6)64-62(66)55-52-49-46-43-39-24-21-18-15-12-9-3/h19,22,27-28,30-31,33-34,51,54,60-61H,7-18,20-21,23-26,29,32,35-50,52-53,55-59H2,1-6H3,(H-,64,66,68,69)/p+1/b22-19-,28-27-,31-30-,34-33-,54-51-. The lowest BCUT2D eigenvalue weighted by Crippen LogP contribution is -2.47. The number of unbranched alkanes of at least 4 members (excludes halogenated alkanes) is 31. The Labute approximate surface area is 451 Å². The van der Waals surface area contributed by atoms with Crippen molar-refractivity contribution in [3.05, 3.63) is 60.8 Å². The number of rotatable bonds is 55. The average molecular weight is 1050 g/mol. The van der Waals surface area contributed by atoms with Gasteiger partial charge in [0, 0.05) is 12.8 Å². The summed E-state index contributed by atoms with van der Waals surface area (Å²) in [6.45, 7) is 6.98. The minimum absolute atomic E-state index is 0.0383. The first-order valence-corrected chi connectivity index (χ1v) is 32.1. The monoisotopic (exact) mass is 1050 g/mol. The average Bonchev–Trinajstić information content (AvgIpc) is 3.35. The highest BCUT2D eigenvalue weighted by molar-refractivity contribution is 7.47. The van der Waals surface area contributed by atoms with E-state index in [1.807, 2.05) is 33.3 Å². The third-order valence-corrected chi connectivity index (χ3v) is 14.4. The van der Waals surface area contributed by atoms with Crippen LogP contribution in [-0.2, 0) is 27.9 Å².